The van der Waals surface area contributed by atoms with Gasteiger partial charge in [0.1, 0.15) is 0 Å². The lowest BCUT2D eigenvalue weighted by Crippen LogP contribution is -2.57. The molecule has 0 amide bonds. The zero-order chi connectivity index (χ0) is 9.84. The van der Waals surface area contributed by atoms with Crippen LogP contribution in [0.3, 0.4) is 0 Å². The molecule has 0 aromatic rings. The quantitative estimate of drug-likeness (QED) is 0.691. The first kappa shape index (κ1) is 11.0. The van der Waals surface area contributed by atoms with Gasteiger partial charge in [0.2, 0.25) is 0 Å². The Morgan fingerprint density at radius 3 is 2.62 bits per heavy atom. The second-order valence-electron chi connectivity index (χ2n) is 4.12. The average Bonchev–Trinajstić information content (AvgIpc) is 2.10. The van der Waals surface area contributed by atoms with Crippen LogP contribution in [0.25, 0.3) is 0 Å². The maximum atomic E-state index is 9.17. The first-order chi connectivity index (χ1) is 6.19. The predicted molar refractivity (Wildman–Crippen MR) is 54.8 cm³/mol. The van der Waals surface area contributed by atoms with E-state index in [1.807, 2.05) is 0 Å². The van der Waals surface area contributed by atoms with Gasteiger partial charge in [-0.2, -0.15) is 0 Å². The molecule has 3 nitrogen and oxygen atoms in total. The molecule has 3 heteroatoms. The van der Waals surface area contributed by atoms with Crippen molar-refractivity contribution in [2.24, 2.45) is 0 Å². The molecule has 0 aromatic carbocycles. The van der Waals surface area contributed by atoms with Gasteiger partial charge in [-0.15, -0.1) is 0 Å². The second-order valence-corrected chi connectivity index (χ2v) is 4.12. The van der Waals surface area contributed by atoms with E-state index in [9.17, 15) is 0 Å². The zero-order valence-electron chi connectivity index (χ0n) is 9.03. The zero-order valence-corrected chi connectivity index (χ0v) is 9.03. The normalized spacial score (nSPS) is 32.3. The Balaban J connectivity index is 2.48. The van der Waals surface area contributed by atoms with Crippen molar-refractivity contribution in [2.45, 2.75) is 32.4 Å². The fourth-order valence-corrected chi connectivity index (χ4v) is 2.07. The largest absolute Gasteiger partial charge is 0.395 e. The molecule has 1 aliphatic rings. The van der Waals surface area contributed by atoms with Gasteiger partial charge in [0, 0.05) is 25.2 Å². The van der Waals surface area contributed by atoms with E-state index in [1.54, 1.807) is 0 Å². The van der Waals surface area contributed by atoms with Crippen molar-refractivity contribution in [3.63, 3.8) is 0 Å². The molecule has 0 radical (unpaired) electrons. The van der Waals surface area contributed by atoms with Crippen LogP contribution >= 0.6 is 0 Å². The molecule has 78 valence electrons. The molecule has 0 saturated carbocycles. The van der Waals surface area contributed by atoms with Crippen LogP contribution in [0.5, 0.6) is 0 Å². The Morgan fingerprint density at radius 1 is 1.38 bits per heavy atom. The van der Waals surface area contributed by atoms with Crippen LogP contribution < -0.4 is 0 Å². The fraction of sp³-hybridized carbons (Fsp3) is 1.00. The number of likely N-dealkylation sites (N-methyl/N-ethyl adjacent to an activating group) is 1. The molecule has 1 aliphatic heterocycles. The average molecular weight is 186 g/mol. The van der Waals surface area contributed by atoms with E-state index in [2.05, 4.69) is 30.7 Å². The Morgan fingerprint density at radius 2 is 2.08 bits per heavy atom. The minimum Gasteiger partial charge on any atom is -0.395 e. The molecule has 0 aliphatic carbocycles. The molecule has 13 heavy (non-hydrogen) atoms. The summed E-state index contributed by atoms with van der Waals surface area (Å²) in [7, 11) is 2.10. The Labute approximate surface area is 81.3 Å². The summed E-state index contributed by atoms with van der Waals surface area (Å²) in [5.74, 6) is 0. The van der Waals surface area contributed by atoms with Crippen molar-refractivity contribution in [2.75, 3.05) is 33.3 Å². The molecule has 0 aromatic heterocycles. The van der Waals surface area contributed by atoms with Gasteiger partial charge in [-0.25, -0.2) is 0 Å². The predicted octanol–water partition coefficient (Wildman–Crippen LogP) is 0.393. The molecule has 1 heterocycles. The van der Waals surface area contributed by atoms with Crippen LogP contribution in [0, 0.1) is 0 Å². The maximum absolute atomic E-state index is 9.17. The highest BCUT2D eigenvalue weighted by Gasteiger charge is 2.27. The van der Waals surface area contributed by atoms with Crippen molar-refractivity contribution in [1.82, 2.24) is 9.80 Å². The van der Waals surface area contributed by atoms with Gasteiger partial charge in [0.05, 0.1) is 6.61 Å². The molecular weight excluding hydrogens is 164 g/mol. The molecule has 1 saturated heterocycles. The minimum absolute atomic E-state index is 0.281. The van der Waals surface area contributed by atoms with E-state index < -0.39 is 0 Å². The lowest BCUT2D eigenvalue weighted by atomic mass is 10.1. The standard InChI is InChI=1S/C10H22N2O/c1-4-5-12-7-10(8-13)11(3)6-9(12)2/h9-10,13H,4-8H2,1-3H3. The topological polar surface area (TPSA) is 26.7 Å². The third kappa shape index (κ3) is 2.66. The Kier molecular flexibility index (Phi) is 4.16. The molecule has 2 atom stereocenters. The van der Waals surface area contributed by atoms with Crippen molar-refractivity contribution in [1.29, 1.82) is 0 Å². The Bertz CT molecular complexity index is 152. The third-order valence-electron chi connectivity index (χ3n) is 2.97. The van der Waals surface area contributed by atoms with E-state index >= 15 is 0 Å². The summed E-state index contributed by atoms with van der Waals surface area (Å²) in [4.78, 5) is 4.73. The Hall–Kier alpha value is -0.120. The number of aliphatic hydroxyl groups excluding tert-OH is 1. The lowest BCUT2D eigenvalue weighted by molar-refractivity contribution is 0.0252. The summed E-state index contributed by atoms with van der Waals surface area (Å²) >= 11 is 0. The van der Waals surface area contributed by atoms with Gasteiger partial charge in [0.25, 0.3) is 0 Å². The minimum atomic E-state index is 0.281. The van der Waals surface area contributed by atoms with Gasteiger partial charge in [-0.05, 0) is 26.9 Å². The number of piperazine rings is 1. The van der Waals surface area contributed by atoms with Crippen molar-refractivity contribution >= 4 is 0 Å². The molecule has 0 bridgehead atoms. The summed E-state index contributed by atoms with van der Waals surface area (Å²) in [5, 5.41) is 9.17. The fourth-order valence-electron chi connectivity index (χ4n) is 2.07. The van der Waals surface area contributed by atoms with Gasteiger partial charge in [-0.1, -0.05) is 6.92 Å². The summed E-state index contributed by atoms with van der Waals surface area (Å²) < 4.78 is 0. The highest BCUT2D eigenvalue weighted by atomic mass is 16.3. The van der Waals surface area contributed by atoms with E-state index in [4.69, 9.17) is 5.11 Å². The van der Waals surface area contributed by atoms with Crippen LogP contribution in [0.15, 0.2) is 0 Å². The van der Waals surface area contributed by atoms with Gasteiger partial charge in [0.15, 0.2) is 0 Å². The molecule has 1 N–H and O–H groups in total. The first-order valence-electron chi connectivity index (χ1n) is 5.24. The van der Waals surface area contributed by atoms with Crippen molar-refractivity contribution in [3.05, 3.63) is 0 Å². The number of nitrogens with zero attached hydrogens (tertiary/aromatic N) is 2. The van der Waals surface area contributed by atoms with Gasteiger partial charge in [-0.3, -0.25) is 9.80 Å². The summed E-state index contributed by atoms with van der Waals surface area (Å²) in [6.45, 7) is 8.00. The molecule has 2 unspecified atom stereocenters. The van der Waals surface area contributed by atoms with E-state index in [1.165, 1.54) is 6.42 Å². The number of hydrogen-bond acceptors (Lipinski definition) is 3. The summed E-state index contributed by atoms with van der Waals surface area (Å²) in [6, 6.07) is 0.968. The maximum Gasteiger partial charge on any atom is 0.0599 e. The molecular formula is C10H22N2O. The van der Waals surface area contributed by atoms with Crippen LogP contribution in [0.1, 0.15) is 20.3 Å². The molecule has 1 rings (SSSR count). The van der Waals surface area contributed by atoms with Crippen LogP contribution in [0.4, 0.5) is 0 Å². The second kappa shape index (κ2) is 4.94. The van der Waals surface area contributed by atoms with E-state index in [0.29, 0.717) is 12.1 Å². The SMILES string of the molecule is CCCN1CC(CO)N(C)CC1C. The monoisotopic (exact) mass is 186 g/mol. The smallest absolute Gasteiger partial charge is 0.0599 e. The lowest BCUT2D eigenvalue weighted by Gasteiger charge is -2.43. The number of hydrogen-bond donors (Lipinski definition) is 1. The summed E-state index contributed by atoms with van der Waals surface area (Å²) in [5.41, 5.74) is 0. The van der Waals surface area contributed by atoms with Crippen molar-refractivity contribution in [3.8, 4) is 0 Å². The highest BCUT2D eigenvalue weighted by Crippen LogP contribution is 2.13. The molecule has 0 spiro atoms. The van der Waals surface area contributed by atoms with E-state index in [0.717, 1.165) is 19.6 Å². The van der Waals surface area contributed by atoms with Crippen molar-refractivity contribution < 1.29 is 5.11 Å². The third-order valence-corrected chi connectivity index (χ3v) is 2.97. The van der Waals surface area contributed by atoms with Crippen LogP contribution in [0.2, 0.25) is 0 Å². The number of aliphatic hydroxyl groups is 1. The highest BCUT2D eigenvalue weighted by molar-refractivity contribution is 4.84. The van der Waals surface area contributed by atoms with Gasteiger partial charge >= 0.3 is 0 Å². The van der Waals surface area contributed by atoms with Crippen LogP contribution in [-0.4, -0.2) is 60.3 Å². The first-order valence-corrected chi connectivity index (χ1v) is 5.24. The number of rotatable bonds is 3. The van der Waals surface area contributed by atoms with E-state index in [-0.39, 0.29) is 6.61 Å². The van der Waals surface area contributed by atoms with Crippen LogP contribution in [-0.2, 0) is 0 Å². The molecule has 1 fully saturated rings. The summed E-state index contributed by atoms with van der Waals surface area (Å²) in [6.07, 6.45) is 1.20. The van der Waals surface area contributed by atoms with Gasteiger partial charge < -0.3 is 5.11 Å².